The molecule has 1 atom stereocenters. The SMILES string of the molecule is CCCc1c(OC/C=C/COc2ccc3c(c2CCC)OC(C)(CCC(=O)O)CC3=O)ccc(C(C)=O)c1OC. The van der Waals surface area contributed by atoms with Gasteiger partial charge in [0.1, 0.15) is 41.8 Å². The molecule has 0 saturated carbocycles. The number of carbonyl (C=O) groups excluding carboxylic acids is 2. The van der Waals surface area contributed by atoms with Gasteiger partial charge >= 0.3 is 5.97 Å². The Balaban J connectivity index is 1.70. The molecule has 1 heterocycles. The first-order valence-corrected chi connectivity index (χ1v) is 13.8. The van der Waals surface area contributed by atoms with Gasteiger partial charge in [-0.2, -0.15) is 0 Å². The van der Waals surface area contributed by atoms with E-state index in [4.69, 9.17) is 24.1 Å². The molecule has 0 saturated heterocycles. The minimum atomic E-state index is -0.918. The number of aliphatic carboxylic acids is 1. The molecule has 8 heteroatoms. The standard InChI is InChI=1S/C32H40O8/c1-6-10-24-27(14-12-22(21(3)33)30(24)37-5)38-18-8-9-19-39-28-15-13-23-26(34)20-32(4,17-16-29(35)36)40-31(23)25(28)11-7-2/h8-9,12-15H,6-7,10-11,16-20H2,1-5H3,(H,35,36)/b9-8+. The zero-order chi connectivity index (χ0) is 29.3. The first-order chi connectivity index (χ1) is 19.1. The number of hydrogen-bond donors (Lipinski definition) is 1. The topological polar surface area (TPSA) is 108 Å². The van der Waals surface area contributed by atoms with Crippen LogP contribution in [0.1, 0.15) is 91.6 Å². The smallest absolute Gasteiger partial charge is 0.303 e. The lowest BCUT2D eigenvalue weighted by molar-refractivity contribution is -0.138. The van der Waals surface area contributed by atoms with E-state index in [-0.39, 0.29) is 37.4 Å². The average Bonchev–Trinajstić information content (AvgIpc) is 2.91. The molecular weight excluding hydrogens is 512 g/mol. The molecule has 0 aromatic heterocycles. The van der Waals surface area contributed by atoms with E-state index in [9.17, 15) is 14.4 Å². The third-order valence-corrected chi connectivity index (χ3v) is 6.91. The molecule has 1 aliphatic heterocycles. The summed E-state index contributed by atoms with van der Waals surface area (Å²) in [5.74, 6) is 1.36. The molecule has 0 fully saturated rings. The summed E-state index contributed by atoms with van der Waals surface area (Å²) in [6.07, 6.45) is 7.14. The van der Waals surface area contributed by atoms with E-state index in [1.165, 1.54) is 6.92 Å². The molecular formula is C32H40O8. The van der Waals surface area contributed by atoms with Crippen LogP contribution in [0.2, 0.25) is 0 Å². The van der Waals surface area contributed by atoms with Gasteiger partial charge in [-0.3, -0.25) is 14.4 Å². The molecule has 8 nitrogen and oxygen atoms in total. The normalized spacial score (nSPS) is 16.4. The van der Waals surface area contributed by atoms with Gasteiger partial charge in [0.25, 0.3) is 0 Å². The molecule has 0 spiro atoms. The van der Waals surface area contributed by atoms with Crippen LogP contribution in [0.4, 0.5) is 0 Å². The number of carboxylic acids is 1. The van der Waals surface area contributed by atoms with E-state index >= 15 is 0 Å². The minimum absolute atomic E-state index is 0.0505. The van der Waals surface area contributed by atoms with Gasteiger partial charge in [0.2, 0.25) is 0 Å². The summed E-state index contributed by atoms with van der Waals surface area (Å²) in [7, 11) is 1.56. The van der Waals surface area contributed by atoms with Crippen molar-refractivity contribution >= 4 is 17.5 Å². The number of ketones is 2. The van der Waals surface area contributed by atoms with Crippen LogP contribution in [0.15, 0.2) is 36.4 Å². The van der Waals surface area contributed by atoms with E-state index in [1.807, 2.05) is 25.1 Å². The Morgan fingerprint density at radius 1 is 1.00 bits per heavy atom. The molecule has 0 bridgehead atoms. The molecule has 1 unspecified atom stereocenters. The van der Waals surface area contributed by atoms with Gasteiger partial charge < -0.3 is 24.1 Å². The van der Waals surface area contributed by atoms with Gasteiger partial charge in [-0.05, 0) is 69.5 Å². The highest BCUT2D eigenvalue weighted by molar-refractivity contribution is 6.01. The fraction of sp³-hybridized carbons (Fsp3) is 0.469. The fourth-order valence-electron chi connectivity index (χ4n) is 4.95. The lowest BCUT2D eigenvalue weighted by atomic mass is 9.86. The second-order valence-corrected chi connectivity index (χ2v) is 10.2. The maximum atomic E-state index is 12.9. The summed E-state index contributed by atoms with van der Waals surface area (Å²) in [6.45, 7) is 8.02. The molecule has 40 heavy (non-hydrogen) atoms. The number of carboxylic acid groups (broad SMARTS) is 1. The van der Waals surface area contributed by atoms with Crippen molar-refractivity contribution in [3.05, 3.63) is 58.7 Å². The average molecular weight is 553 g/mol. The number of benzene rings is 2. The van der Waals surface area contributed by atoms with E-state index in [1.54, 1.807) is 32.2 Å². The van der Waals surface area contributed by atoms with E-state index in [0.29, 0.717) is 47.2 Å². The summed E-state index contributed by atoms with van der Waals surface area (Å²) < 4.78 is 23.9. The number of fused-ring (bicyclic) bond motifs is 1. The third kappa shape index (κ3) is 7.43. The van der Waals surface area contributed by atoms with Gasteiger partial charge in [-0.25, -0.2) is 0 Å². The Morgan fingerprint density at radius 3 is 2.17 bits per heavy atom. The van der Waals surface area contributed by atoms with Crippen LogP contribution in [0.25, 0.3) is 0 Å². The molecule has 1 aliphatic rings. The van der Waals surface area contributed by atoms with Crippen LogP contribution >= 0.6 is 0 Å². The predicted octanol–water partition coefficient (Wildman–Crippen LogP) is 6.41. The second-order valence-electron chi connectivity index (χ2n) is 10.2. The molecule has 2 aromatic carbocycles. The van der Waals surface area contributed by atoms with Crippen molar-refractivity contribution in [2.45, 2.75) is 78.2 Å². The van der Waals surface area contributed by atoms with E-state index < -0.39 is 11.6 Å². The lowest BCUT2D eigenvalue weighted by Crippen LogP contribution is -2.40. The Kier molecular flexibility index (Phi) is 10.8. The second kappa shape index (κ2) is 14.0. The van der Waals surface area contributed by atoms with Crippen molar-refractivity contribution in [1.29, 1.82) is 0 Å². The van der Waals surface area contributed by atoms with Crippen molar-refractivity contribution in [1.82, 2.24) is 0 Å². The summed E-state index contributed by atoms with van der Waals surface area (Å²) in [5.41, 5.74) is 1.89. The Labute approximate surface area is 236 Å². The van der Waals surface area contributed by atoms with E-state index in [2.05, 4.69) is 6.92 Å². The van der Waals surface area contributed by atoms with Gasteiger partial charge in [0, 0.05) is 17.5 Å². The highest BCUT2D eigenvalue weighted by Gasteiger charge is 2.38. The van der Waals surface area contributed by atoms with Crippen molar-refractivity contribution in [3.63, 3.8) is 0 Å². The van der Waals surface area contributed by atoms with Crippen LogP contribution in [-0.4, -0.2) is 48.6 Å². The van der Waals surface area contributed by atoms with Crippen LogP contribution in [0.5, 0.6) is 23.0 Å². The number of ether oxygens (including phenoxy) is 4. The number of Topliss-reactive ketones (excluding diaryl/α,β-unsaturated/α-hetero) is 2. The van der Waals surface area contributed by atoms with Crippen molar-refractivity contribution in [3.8, 4) is 23.0 Å². The van der Waals surface area contributed by atoms with Crippen LogP contribution < -0.4 is 18.9 Å². The van der Waals surface area contributed by atoms with Crippen LogP contribution in [0, 0.1) is 0 Å². The zero-order valence-electron chi connectivity index (χ0n) is 24.1. The molecule has 1 N–H and O–H groups in total. The fourth-order valence-corrected chi connectivity index (χ4v) is 4.95. The highest BCUT2D eigenvalue weighted by atomic mass is 16.5. The van der Waals surface area contributed by atoms with Gasteiger partial charge in [-0.15, -0.1) is 0 Å². The molecule has 0 aliphatic carbocycles. The first kappa shape index (κ1) is 30.7. The number of hydrogen-bond acceptors (Lipinski definition) is 7. The minimum Gasteiger partial charge on any atom is -0.496 e. The lowest BCUT2D eigenvalue weighted by Gasteiger charge is -2.36. The Morgan fingerprint density at radius 2 is 1.60 bits per heavy atom. The number of methoxy groups -OCH3 is 1. The van der Waals surface area contributed by atoms with Gasteiger partial charge in [0.15, 0.2) is 11.6 Å². The Hall–Kier alpha value is -3.81. The molecule has 3 rings (SSSR count). The largest absolute Gasteiger partial charge is 0.496 e. The predicted molar refractivity (Wildman–Crippen MR) is 152 cm³/mol. The maximum Gasteiger partial charge on any atom is 0.303 e. The molecule has 216 valence electrons. The van der Waals surface area contributed by atoms with Gasteiger partial charge in [-0.1, -0.05) is 26.7 Å². The number of carbonyl (C=O) groups is 3. The monoisotopic (exact) mass is 552 g/mol. The Bertz CT molecular complexity index is 1260. The van der Waals surface area contributed by atoms with Crippen LogP contribution in [0.3, 0.4) is 0 Å². The third-order valence-electron chi connectivity index (χ3n) is 6.91. The summed E-state index contributed by atoms with van der Waals surface area (Å²) in [6, 6.07) is 7.07. The molecule has 0 radical (unpaired) electrons. The summed E-state index contributed by atoms with van der Waals surface area (Å²) in [4.78, 5) is 36.0. The van der Waals surface area contributed by atoms with Crippen molar-refractivity contribution in [2.24, 2.45) is 0 Å². The summed E-state index contributed by atoms with van der Waals surface area (Å²) in [5, 5.41) is 9.12. The van der Waals surface area contributed by atoms with Crippen LogP contribution in [-0.2, 0) is 17.6 Å². The zero-order valence-corrected chi connectivity index (χ0v) is 24.1. The molecule has 0 amide bonds. The quantitative estimate of drug-likeness (QED) is 0.200. The highest BCUT2D eigenvalue weighted by Crippen LogP contribution is 2.42. The molecule has 2 aromatic rings. The van der Waals surface area contributed by atoms with E-state index in [0.717, 1.165) is 30.4 Å². The van der Waals surface area contributed by atoms with Gasteiger partial charge in [0.05, 0.1) is 24.7 Å². The van der Waals surface area contributed by atoms with Crippen molar-refractivity contribution in [2.75, 3.05) is 20.3 Å². The number of rotatable bonds is 15. The maximum absolute atomic E-state index is 12.9. The first-order valence-electron chi connectivity index (χ1n) is 13.8. The van der Waals surface area contributed by atoms with Crippen molar-refractivity contribution < 1.29 is 38.4 Å². The summed E-state index contributed by atoms with van der Waals surface area (Å²) >= 11 is 0.